The average Bonchev–Trinajstić information content (AvgIpc) is 3.25. The molecular formula is C27H31F3N4O3S. The number of ether oxygens (including phenoxy) is 2. The van der Waals surface area contributed by atoms with E-state index in [1.54, 1.807) is 6.08 Å². The summed E-state index contributed by atoms with van der Waals surface area (Å²) in [5, 5.41) is 11.6. The number of carbonyl (C=O) groups excluding carboxylic acids is 1. The summed E-state index contributed by atoms with van der Waals surface area (Å²) in [6, 6.07) is 11.0. The Hall–Kier alpha value is -3.31. The molecule has 38 heavy (non-hydrogen) atoms. The number of amides is 1. The zero-order valence-corrected chi connectivity index (χ0v) is 22.6. The van der Waals surface area contributed by atoms with Crippen LogP contribution < -0.4 is 10.1 Å². The van der Waals surface area contributed by atoms with Gasteiger partial charge < -0.3 is 14.8 Å². The molecule has 3 rings (SSSR count). The third-order valence-corrected chi connectivity index (χ3v) is 6.46. The highest BCUT2D eigenvalue weighted by atomic mass is 32.2. The molecule has 204 valence electrons. The summed E-state index contributed by atoms with van der Waals surface area (Å²) < 4.78 is 52.0. The highest BCUT2D eigenvalue weighted by molar-refractivity contribution is 7.99. The van der Waals surface area contributed by atoms with Crippen LogP contribution >= 0.6 is 11.8 Å². The number of anilines is 1. The Bertz CT molecular complexity index is 1250. The normalized spacial score (nSPS) is 11.9. The smallest absolute Gasteiger partial charge is 0.416 e. The summed E-state index contributed by atoms with van der Waals surface area (Å²) in [6.07, 6.45) is -2.87. The summed E-state index contributed by atoms with van der Waals surface area (Å²) in [4.78, 5) is 12.7. The van der Waals surface area contributed by atoms with Crippen molar-refractivity contribution >= 4 is 23.4 Å². The summed E-state index contributed by atoms with van der Waals surface area (Å²) in [5.41, 5.74) is 1.09. The molecule has 0 unspecified atom stereocenters. The molecule has 0 aliphatic carbocycles. The number of nitrogens with one attached hydrogen (secondary N) is 1. The quantitative estimate of drug-likeness (QED) is 0.175. The molecule has 2 aromatic carbocycles. The van der Waals surface area contributed by atoms with Crippen molar-refractivity contribution in [1.82, 2.24) is 14.8 Å². The maximum atomic E-state index is 13.2. The van der Waals surface area contributed by atoms with E-state index in [0.717, 1.165) is 29.5 Å². The minimum Gasteiger partial charge on any atom is -0.489 e. The molecule has 1 N–H and O–H groups in total. The molecule has 7 nitrogen and oxygen atoms in total. The third-order valence-electron chi connectivity index (χ3n) is 5.50. The number of rotatable bonds is 11. The van der Waals surface area contributed by atoms with Crippen molar-refractivity contribution in [2.75, 3.05) is 31.4 Å². The molecule has 0 saturated carbocycles. The number of allylic oxidation sites excluding steroid dienone is 1. The highest BCUT2D eigenvalue weighted by Gasteiger charge is 2.31. The third kappa shape index (κ3) is 7.61. The first-order chi connectivity index (χ1) is 17.9. The van der Waals surface area contributed by atoms with Crippen molar-refractivity contribution in [3.63, 3.8) is 0 Å². The fourth-order valence-corrected chi connectivity index (χ4v) is 4.25. The lowest BCUT2D eigenvalue weighted by Gasteiger charge is -2.19. The predicted octanol–water partition coefficient (Wildman–Crippen LogP) is 6.20. The van der Waals surface area contributed by atoms with Gasteiger partial charge in [-0.25, -0.2) is 0 Å². The Labute approximate surface area is 224 Å². The number of thioether (sulfide) groups is 1. The van der Waals surface area contributed by atoms with E-state index in [2.05, 4.69) is 42.9 Å². The van der Waals surface area contributed by atoms with Gasteiger partial charge in [-0.05, 0) is 29.2 Å². The molecular weight excluding hydrogens is 517 g/mol. The minimum atomic E-state index is -4.57. The predicted molar refractivity (Wildman–Crippen MR) is 143 cm³/mol. The zero-order chi connectivity index (χ0) is 27.9. The average molecular weight is 549 g/mol. The maximum absolute atomic E-state index is 13.2. The van der Waals surface area contributed by atoms with Crippen LogP contribution in [0.15, 0.2) is 60.3 Å². The van der Waals surface area contributed by atoms with Crippen molar-refractivity contribution in [3.8, 4) is 17.1 Å². The molecule has 1 heterocycles. The fraction of sp³-hybridized carbons (Fsp3) is 0.370. The largest absolute Gasteiger partial charge is 0.489 e. The van der Waals surface area contributed by atoms with E-state index in [1.165, 1.54) is 18.7 Å². The van der Waals surface area contributed by atoms with Gasteiger partial charge in [0, 0.05) is 19.2 Å². The Balaban J connectivity index is 1.76. The first-order valence-electron chi connectivity index (χ1n) is 11.8. The van der Waals surface area contributed by atoms with Crippen LogP contribution in [0, 0.1) is 0 Å². The molecule has 0 saturated heterocycles. The van der Waals surface area contributed by atoms with Gasteiger partial charge in [0.05, 0.1) is 23.6 Å². The number of halogens is 3. The fourth-order valence-electron chi connectivity index (χ4n) is 3.50. The standard InChI is InChI=1S/C27H31F3N4O3S/c1-6-13-34-24(18-7-9-19(10-8-18)26(2,3)4)32-33-25(34)38-17-23(35)31-21-16-20(27(28,29)30)11-12-22(21)37-15-14-36-5/h6-12,16H,1,13-15,17H2,2-5H3,(H,31,35). The first-order valence-corrected chi connectivity index (χ1v) is 12.8. The zero-order valence-electron chi connectivity index (χ0n) is 21.8. The van der Waals surface area contributed by atoms with Gasteiger partial charge in [0.1, 0.15) is 12.4 Å². The van der Waals surface area contributed by atoms with Crippen LogP contribution in [0.2, 0.25) is 0 Å². The number of aromatic nitrogens is 3. The second-order valence-corrected chi connectivity index (χ2v) is 10.4. The van der Waals surface area contributed by atoms with E-state index in [9.17, 15) is 18.0 Å². The van der Waals surface area contributed by atoms with E-state index in [1.807, 2.05) is 28.8 Å². The van der Waals surface area contributed by atoms with Crippen molar-refractivity contribution in [3.05, 3.63) is 66.2 Å². The van der Waals surface area contributed by atoms with E-state index in [-0.39, 0.29) is 35.8 Å². The topological polar surface area (TPSA) is 78.3 Å². The number of nitrogens with zero attached hydrogens (tertiary/aromatic N) is 3. The lowest BCUT2D eigenvalue weighted by molar-refractivity contribution is -0.137. The van der Waals surface area contributed by atoms with E-state index >= 15 is 0 Å². The van der Waals surface area contributed by atoms with Crippen LogP contribution in [0.5, 0.6) is 5.75 Å². The summed E-state index contributed by atoms with van der Waals surface area (Å²) in [5.74, 6) is 0.116. The van der Waals surface area contributed by atoms with Gasteiger partial charge in [-0.1, -0.05) is 62.9 Å². The Morgan fingerprint density at radius 3 is 2.37 bits per heavy atom. The van der Waals surface area contributed by atoms with Gasteiger partial charge >= 0.3 is 6.18 Å². The molecule has 11 heteroatoms. The monoisotopic (exact) mass is 548 g/mol. The summed E-state index contributed by atoms with van der Waals surface area (Å²) in [7, 11) is 1.48. The molecule has 0 spiro atoms. The molecule has 0 fully saturated rings. The van der Waals surface area contributed by atoms with Crippen LogP contribution in [0.4, 0.5) is 18.9 Å². The number of hydrogen-bond acceptors (Lipinski definition) is 6. The number of benzene rings is 2. The Kier molecular flexibility index (Phi) is 9.61. The SMILES string of the molecule is C=CCn1c(SCC(=O)Nc2cc(C(F)(F)F)ccc2OCCOC)nnc1-c1ccc(C(C)(C)C)cc1. The second-order valence-electron chi connectivity index (χ2n) is 9.42. The lowest BCUT2D eigenvalue weighted by Crippen LogP contribution is -2.17. The number of carbonyl (C=O) groups is 1. The number of methoxy groups -OCH3 is 1. The molecule has 0 aliphatic heterocycles. The van der Waals surface area contributed by atoms with Gasteiger partial charge in [-0.15, -0.1) is 16.8 Å². The van der Waals surface area contributed by atoms with Gasteiger partial charge in [0.15, 0.2) is 11.0 Å². The van der Waals surface area contributed by atoms with E-state index in [0.29, 0.717) is 17.5 Å². The number of hydrogen-bond donors (Lipinski definition) is 1. The van der Waals surface area contributed by atoms with E-state index < -0.39 is 17.6 Å². The molecule has 0 radical (unpaired) electrons. The van der Waals surface area contributed by atoms with Crippen molar-refractivity contribution < 1.29 is 27.4 Å². The van der Waals surface area contributed by atoms with Gasteiger partial charge in [0.25, 0.3) is 0 Å². The van der Waals surface area contributed by atoms with Crippen molar-refractivity contribution in [2.24, 2.45) is 0 Å². The van der Waals surface area contributed by atoms with Gasteiger partial charge in [-0.3, -0.25) is 9.36 Å². The maximum Gasteiger partial charge on any atom is 0.416 e. The van der Waals surface area contributed by atoms with Crippen LogP contribution in [0.25, 0.3) is 11.4 Å². The van der Waals surface area contributed by atoms with Crippen LogP contribution in [-0.4, -0.2) is 46.7 Å². The lowest BCUT2D eigenvalue weighted by atomic mass is 9.87. The van der Waals surface area contributed by atoms with Crippen molar-refractivity contribution in [1.29, 1.82) is 0 Å². The summed E-state index contributed by atoms with van der Waals surface area (Å²) in [6.45, 7) is 11.0. The van der Waals surface area contributed by atoms with Gasteiger partial charge in [0.2, 0.25) is 5.91 Å². The van der Waals surface area contributed by atoms with Crippen LogP contribution in [0.1, 0.15) is 31.9 Å². The minimum absolute atomic E-state index is 0.00991. The molecule has 0 bridgehead atoms. The molecule has 0 atom stereocenters. The number of alkyl halides is 3. The first kappa shape index (κ1) is 29.2. The van der Waals surface area contributed by atoms with E-state index in [4.69, 9.17) is 9.47 Å². The van der Waals surface area contributed by atoms with Crippen molar-refractivity contribution in [2.45, 2.75) is 44.1 Å². The van der Waals surface area contributed by atoms with Crippen LogP contribution in [0.3, 0.4) is 0 Å². The molecule has 1 amide bonds. The molecule has 3 aromatic rings. The highest BCUT2D eigenvalue weighted by Crippen LogP contribution is 2.35. The van der Waals surface area contributed by atoms with Gasteiger partial charge in [-0.2, -0.15) is 13.2 Å². The second kappa shape index (κ2) is 12.5. The van der Waals surface area contributed by atoms with Crippen LogP contribution in [-0.2, 0) is 27.7 Å². The Morgan fingerprint density at radius 2 is 1.76 bits per heavy atom. The molecule has 1 aromatic heterocycles. The Morgan fingerprint density at radius 1 is 1.08 bits per heavy atom. The molecule has 0 aliphatic rings. The summed E-state index contributed by atoms with van der Waals surface area (Å²) >= 11 is 1.12.